The van der Waals surface area contributed by atoms with Gasteiger partial charge in [-0.1, -0.05) is 25.0 Å². The van der Waals surface area contributed by atoms with Crippen LogP contribution in [0.3, 0.4) is 0 Å². The van der Waals surface area contributed by atoms with Crippen molar-refractivity contribution >= 4 is 28.7 Å². The van der Waals surface area contributed by atoms with E-state index in [-0.39, 0.29) is 5.91 Å². The van der Waals surface area contributed by atoms with Gasteiger partial charge in [-0.3, -0.25) is 9.78 Å². The summed E-state index contributed by atoms with van der Waals surface area (Å²) in [5, 5.41) is 11.0. The Morgan fingerprint density at radius 1 is 1.18 bits per heavy atom. The second-order valence-electron chi connectivity index (χ2n) is 7.89. The summed E-state index contributed by atoms with van der Waals surface area (Å²) in [7, 11) is 1.95. The molecule has 1 aromatic heterocycles. The molecule has 28 heavy (non-hydrogen) atoms. The van der Waals surface area contributed by atoms with Crippen molar-refractivity contribution in [2.24, 2.45) is 5.92 Å². The summed E-state index contributed by atoms with van der Waals surface area (Å²) < 4.78 is 0. The number of aromatic nitrogens is 1. The number of quaternary nitrogens is 1. The molecule has 1 aliphatic carbocycles. The Morgan fingerprint density at radius 3 is 2.82 bits per heavy atom. The highest BCUT2D eigenvalue weighted by molar-refractivity contribution is 6.17. The third-order valence-electron chi connectivity index (χ3n) is 6.39. The molecule has 4 rings (SSSR count). The van der Waals surface area contributed by atoms with Crippen molar-refractivity contribution in [3.63, 3.8) is 0 Å². The van der Waals surface area contributed by atoms with Gasteiger partial charge in [0.25, 0.3) is 5.91 Å². The predicted octanol–water partition coefficient (Wildman–Crippen LogP) is 2.97. The van der Waals surface area contributed by atoms with E-state index in [1.807, 2.05) is 42.7 Å². The number of carbonyl (C=O) groups is 1. The molecule has 1 aromatic carbocycles. The molecule has 2 fully saturated rings. The van der Waals surface area contributed by atoms with E-state index in [0.717, 1.165) is 41.5 Å². The van der Waals surface area contributed by atoms with Crippen LogP contribution in [0.1, 0.15) is 44.1 Å². The van der Waals surface area contributed by atoms with Gasteiger partial charge in [0.2, 0.25) is 0 Å². The van der Waals surface area contributed by atoms with Crippen LogP contribution in [-0.2, 0) is 4.79 Å². The molecule has 1 amide bonds. The van der Waals surface area contributed by atoms with E-state index < -0.39 is 0 Å². The predicted molar refractivity (Wildman–Crippen MR) is 112 cm³/mol. The van der Waals surface area contributed by atoms with Gasteiger partial charge in [-0.25, -0.2) is 0 Å². The Labute approximate surface area is 166 Å². The molecule has 2 atom stereocenters. The van der Waals surface area contributed by atoms with Gasteiger partial charge in [-0.05, 0) is 49.8 Å². The van der Waals surface area contributed by atoms with Crippen LogP contribution < -0.4 is 5.32 Å². The molecule has 0 bridgehead atoms. The fourth-order valence-corrected chi connectivity index (χ4v) is 5.08. The van der Waals surface area contributed by atoms with E-state index in [0.29, 0.717) is 17.5 Å². The van der Waals surface area contributed by atoms with Crippen LogP contribution in [0.4, 0.5) is 0 Å². The van der Waals surface area contributed by atoms with Crippen molar-refractivity contribution in [3.8, 4) is 0 Å². The van der Waals surface area contributed by atoms with Crippen molar-refractivity contribution in [2.75, 3.05) is 13.6 Å². The number of benzene rings is 1. The first-order valence-electron chi connectivity index (χ1n) is 10.4. The first kappa shape index (κ1) is 18.8. The Hall–Kier alpha value is -2.53. The van der Waals surface area contributed by atoms with E-state index in [1.165, 1.54) is 31.9 Å². The van der Waals surface area contributed by atoms with Gasteiger partial charge in [0.1, 0.15) is 5.57 Å². The zero-order valence-electron chi connectivity index (χ0n) is 16.5. The second-order valence-corrected chi connectivity index (χ2v) is 7.89. The number of hydrogen-bond donors (Lipinski definition) is 2. The Bertz CT molecular complexity index is 912. The summed E-state index contributed by atoms with van der Waals surface area (Å²) in [5.41, 5.74) is 3.19. The van der Waals surface area contributed by atoms with Crippen LogP contribution in [0.25, 0.3) is 16.6 Å². The minimum absolute atomic E-state index is 0.0144. The first-order chi connectivity index (χ1) is 13.7. The zero-order chi connectivity index (χ0) is 19.5. The number of rotatable bonds is 4. The van der Waals surface area contributed by atoms with Crippen molar-refractivity contribution < 1.29 is 10.1 Å². The third kappa shape index (κ3) is 3.35. The van der Waals surface area contributed by atoms with Gasteiger partial charge in [0.15, 0.2) is 5.70 Å². The number of amides is 1. The number of likely N-dealkylation sites (tertiary alicyclic amines) is 1. The topological polar surface area (TPSA) is 73.7 Å². The van der Waals surface area contributed by atoms with Crippen molar-refractivity contribution in [3.05, 3.63) is 47.7 Å². The quantitative estimate of drug-likeness (QED) is 0.635. The maximum atomic E-state index is 13.6. The normalized spacial score (nSPS) is 23.1. The van der Waals surface area contributed by atoms with Crippen molar-refractivity contribution in [1.82, 2.24) is 9.88 Å². The fourth-order valence-electron chi connectivity index (χ4n) is 5.08. The van der Waals surface area contributed by atoms with E-state index in [1.54, 1.807) is 6.20 Å². The SMILES string of the molecule is C[NH2+]C(=C(C=N)C(=O)N1CCCC2CCCCC21)c1cccc2ncccc12. The molecular formula is C23H29N4O+. The smallest absolute Gasteiger partial charge is 0.261 e. The minimum atomic E-state index is 0.0144. The zero-order valence-corrected chi connectivity index (χ0v) is 16.5. The molecule has 2 aromatic rings. The Morgan fingerprint density at radius 2 is 2.00 bits per heavy atom. The number of nitrogens with two attached hydrogens (primary N) is 1. The molecule has 3 N–H and O–H groups in total. The van der Waals surface area contributed by atoms with Gasteiger partial charge < -0.3 is 15.6 Å². The van der Waals surface area contributed by atoms with Gasteiger partial charge in [-0.15, -0.1) is 0 Å². The summed E-state index contributed by atoms with van der Waals surface area (Å²) in [5.74, 6) is 0.648. The lowest BCUT2D eigenvalue weighted by molar-refractivity contribution is -0.530. The molecule has 2 unspecified atom stereocenters. The van der Waals surface area contributed by atoms with Crippen molar-refractivity contribution in [2.45, 2.75) is 44.6 Å². The van der Waals surface area contributed by atoms with E-state index in [2.05, 4.69) is 9.88 Å². The van der Waals surface area contributed by atoms with E-state index in [9.17, 15) is 4.79 Å². The molecule has 2 aliphatic rings. The molecule has 1 saturated heterocycles. The average molecular weight is 378 g/mol. The fraction of sp³-hybridized carbons (Fsp3) is 0.435. The summed E-state index contributed by atoms with van der Waals surface area (Å²) in [6.45, 7) is 0.811. The van der Waals surface area contributed by atoms with Crippen LogP contribution in [-0.4, -0.2) is 41.6 Å². The number of piperidine rings is 1. The van der Waals surface area contributed by atoms with Crippen LogP contribution in [0, 0.1) is 11.3 Å². The van der Waals surface area contributed by atoms with Gasteiger partial charge in [0, 0.05) is 35.9 Å². The third-order valence-corrected chi connectivity index (χ3v) is 6.39. The van der Waals surface area contributed by atoms with E-state index >= 15 is 0 Å². The highest BCUT2D eigenvalue weighted by atomic mass is 16.2. The number of nitrogens with one attached hydrogen (secondary N) is 1. The maximum absolute atomic E-state index is 13.6. The van der Waals surface area contributed by atoms with Crippen LogP contribution in [0.2, 0.25) is 0 Å². The Balaban J connectivity index is 1.77. The number of hydrogen-bond acceptors (Lipinski definition) is 3. The van der Waals surface area contributed by atoms with Crippen LogP contribution >= 0.6 is 0 Å². The summed E-state index contributed by atoms with van der Waals surface area (Å²) in [4.78, 5) is 20.1. The number of nitrogens with zero attached hydrogens (tertiary/aromatic N) is 2. The Kier molecular flexibility index (Phi) is 5.53. The minimum Gasteiger partial charge on any atom is -0.335 e. The number of carbonyl (C=O) groups excluding carboxylic acids is 1. The molecule has 5 heteroatoms. The largest absolute Gasteiger partial charge is 0.335 e. The van der Waals surface area contributed by atoms with Crippen LogP contribution in [0.15, 0.2) is 42.1 Å². The molecule has 2 heterocycles. The molecule has 5 nitrogen and oxygen atoms in total. The molecule has 146 valence electrons. The van der Waals surface area contributed by atoms with Crippen LogP contribution in [0.5, 0.6) is 0 Å². The lowest BCUT2D eigenvalue weighted by Gasteiger charge is -2.44. The maximum Gasteiger partial charge on any atom is 0.261 e. The molecule has 1 saturated carbocycles. The molecule has 1 aliphatic heterocycles. The van der Waals surface area contributed by atoms with Gasteiger partial charge in [-0.2, -0.15) is 0 Å². The molecule has 0 radical (unpaired) electrons. The monoisotopic (exact) mass is 377 g/mol. The number of fused-ring (bicyclic) bond motifs is 2. The van der Waals surface area contributed by atoms with Crippen molar-refractivity contribution in [1.29, 1.82) is 5.41 Å². The first-order valence-corrected chi connectivity index (χ1v) is 10.4. The summed E-state index contributed by atoms with van der Waals surface area (Å²) >= 11 is 0. The highest BCUT2D eigenvalue weighted by Gasteiger charge is 2.37. The van der Waals surface area contributed by atoms with Gasteiger partial charge in [0.05, 0.1) is 12.6 Å². The number of pyridine rings is 1. The highest BCUT2D eigenvalue weighted by Crippen LogP contribution is 2.36. The standard InChI is InChI=1S/C23H28N4O/c1-25-22(18-9-4-11-20-17(18)10-5-13-26-20)19(15-24)23(28)27-14-6-8-16-7-2-3-12-21(16)27/h4-5,9-11,13,15-16,21,24-25H,2-3,6-8,12,14H2,1H3/p+1. The lowest BCUT2D eigenvalue weighted by atomic mass is 9.78. The molecular weight excluding hydrogens is 348 g/mol. The lowest BCUT2D eigenvalue weighted by Crippen LogP contribution is -2.77. The van der Waals surface area contributed by atoms with E-state index in [4.69, 9.17) is 5.41 Å². The molecule has 0 spiro atoms. The summed E-state index contributed by atoms with van der Waals surface area (Å²) in [6.07, 6.45) is 10.2. The van der Waals surface area contributed by atoms with Gasteiger partial charge >= 0.3 is 0 Å². The second kappa shape index (κ2) is 8.23. The summed E-state index contributed by atoms with van der Waals surface area (Å²) in [6, 6.07) is 10.3. The average Bonchev–Trinajstić information content (AvgIpc) is 2.76.